The average Bonchev–Trinajstić information content (AvgIpc) is 3.92. The number of anilines is 2. The van der Waals surface area contributed by atoms with Crippen LogP contribution in [0.3, 0.4) is 0 Å². The van der Waals surface area contributed by atoms with E-state index >= 15 is 0 Å². The maximum Gasteiger partial charge on any atom is 0.278 e. The van der Waals surface area contributed by atoms with Gasteiger partial charge in [0.1, 0.15) is 29.5 Å². The number of rotatable bonds is 10. The lowest BCUT2D eigenvalue weighted by molar-refractivity contribution is -0.164. The fraction of sp³-hybridized carbons (Fsp3) is 0.538. The Morgan fingerprint density at radius 3 is 2.17 bits per heavy atom. The first kappa shape index (κ1) is 46.7. The first-order chi connectivity index (χ1) is 33.1. The molecule has 1 aliphatic carbocycles. The van der Waals surface area contributed by atoms with Gasteiger partial charge in [-0.05, 0) is 104 Å². The lowest BCUT2D eigenvalue weighted by Gasteiger charge is -2.63. The van der Waals surface area contributed by atoms with E-state index in [0.29, 0.717) is 63.6 Å². The number of nitrogens with zero attached hydrogens (tertiary/aromatic N) is 8. The van der Waals surface area contributed by atoms with Crippen LogP contribution in [-0.2, 0) is 14.4 Å². The molecular formula is C52H61ClN10O6. The number of nitriles is 1. The highest BCUT2D eigenvalue weighted by atomic mass is 35.5. The fourth-order valence-electron chi connectivity index (χ4n) is 12.8. The molecule has 0 spiro atoms. The van der Waals surface area contributed by atoms with Gasteiger partial charge in [-0.3, -0.25) is 29.3 Å². The van der Waals surface area contributed by atoms with Gasteiger partial charge in [0.05, 0.1) is 16.0 Å². The molecule has 5 saturated heterocycles. The van der Waals surface area contributed by atoms with Gasteiger partial charge in [0, 0.05) is 111 Å². The predicted molar refractivity (Wildman–Crippen MR) is 261 cm³/mol. The Balaban J connectivity index is 0.652. The van der Waals surface area contributed by atoms with Gasteiger partial charge in [-0.25, -0.2) is 0 Å². The van der Waals surface area contributed by atoms with Gasteiger partial charge < -0.3 is 29.7 Å². The van der Waals surface area contributed by atoms with E-state index < -0.39 is 17.5 Å². The lowest BCUT2D eigenvalue weighted by atomic mass is 9.49. The number of benzene rings is 3. The second-order valence-electron chi connectivity index (χ2n) is 21.5. The molecule has 362 valence electrons. The largest absolute Gasteiger partial charge is 0.489 e. The third-order valence-electron chi connectivity index (χ3n) is 16.3. The van der Waals surface area contributed by atoms with E-state index in [1.54, 1.807) is 30.3 Å². The van der Waals surface area contributed by atoms with Crippen LogP contribution in [0.15, 0.2) is 65.5 Å². The molecule has 4 aromatic rings. The number of ether oxygens (including phenoxy) is 1. The number of amides is 4. The minimum absolute atomic E-state index is 0.0205. The third-order valence-corrected chi connectivity index (χ3v) is 16.6. The van der Waals surface area contributed by atoms with Crippen LogP contribution in [0.25, 0.3) is 10.9 Å². The van der Waals surface area contributed by atoms with Crippen molar-refractivity contribution in [1.82, 2.24) is 35.4 Å². The highest BCUT2D eigenvalue weighted by molar-refractivity contribution is 6.31. The molecule has 0 radical (unpaired) electrons. The standard InChI is InChI=1S/C52H61ClN10O6/c1-51(2)49(52(3,4)50(51)69-39-11-7-34(25-54)41(53)24-39)56-45(65)32-5-8-37(9-6-32)62-29-35-27-59(28-36(35)30-62)26-31-15-19-61(20-16-31)47(67)33-17-21-60(22-18-33)38-10-12-42-40(23-38)48(68)63(58-57-42)43-13-14-44(64)55-46(43)66/h5-12,23-24,31,33,35-36,43,49-50H,13-22,26-30H2,1-4H3,(H,56,65)(H,55,64,66)/t35?,36?,43?,49-,50-. The quantitative estimate of drug-likeness (QED) is 0.193. The Bertz CT molecular complexity index is 2740. The number of likely N-dealkylation sites (tertiary alicyclic amines) is 2. The summed E-state index contributed by atoms with van der Waals surface area (Å²) in [4.78, 5) is 74.4. The van der Waals surface area contributed by atoms with Gasteiger partial charge in [0.25, 0.3) is 17.4 Å². The number of piperidine rings is 3. The maximum absolute atomic E-state index is 13.8. The molecule has 16 nitrogen and oxygen atoms in total. The summed E-state index contributed by atoms with van der Waals surface area (Å²) >= 11 is 6.28. The summed E-state index contributed by atoms with van der Waals surface area (Å²) in [6.45, 7) is 16.7. The first-order valence-corrected chi connectivity index (χ1v) is 25.0. The zero-order valence-corrected chi connectivity index (χ0v) is 40.6. The fourth-order valence-corrected chi connectivity index (χ4v) is 13.0. The summed E-state index contributed by atoms with van der Waals surface area (Å²) in [5.41, 5.74) is 2.40. The topological polar surface area (TPSA) is 186 Å². The smallest absolute Gasteiger partial charge is 0.278 e. The van der Waals surface area contributed by atoms with Gasteiger partial charge in [-0.2, -0.15) is 9.94 Å². The molecule has 3 aromatic carbocycles. The van der Waals surface area contributed by atoms with Crippen molar-refractivity contribution in [1.29, 1.82) is 5.26 Å². The van der Waals surface area contributed by atoms with Crippen molar-refractivity contribution >= 4 is 57.5 Å². The Hall–Kier alpha value is -6.05. The number of carbonyl (C=O) groups is 4. The van der Waals surface area contributed by atoms with Crippen LogP contribution in [0.4, 0.5) is 11.4 Å². The Morgan fingerprint density at radius 1 is 0.841 bits per heavy atom. The Kier molecular flexibility index (Phi) is 12.4. The lowest BCUT2D eigenvalue weighted by Crippen LogP contribution is -2.74. The Morgan fingerprint density at radius 2 is 1.52 bits per heavy atom. The molecule has 1 saturated carbocycles. The van der Waals surface area contributed by atoms with Crippen LogP contribution < -0.4 is 30.7 Å². The van der Waals surface area contributed by atoms with E-state index in [1.165, 1.54) is 0 Å². The minimum atomic E-state index is -0.876. The molecule has 17 heteroatoms. The number of hydrogen-bond acceptors (Lipinski definition) is 12. The van der Waals surface area contributed by atoms with Crippen molar-refractivity contribution in [2.24, 2.45) is 34.5 Å². The normalized spacial score (nSPS) is 26.0. The van der Waals surface area contributed by atoms with Crippen molar-refractivity contribution < 1.29 is 23.9 Å². The Labute approximate surface area is 407 Å². The van der Waals surface area contributed by atoms with E-state index in [1.807, 2.05) is 18.2 Å². The van der Waals surface area contributed by atoms with Crippen LogP contribution in [0.1, 0.15) is 88.2 Å². The molecule has 1 aromatic heterocycles. The van der Waals surface area contributed by atoms with Crippen LogP contribution in [0, 0.1) is 45.8 Å². The zero-order chi connectivity index (χ0) is 48.4. The number of carbonyl (C=O) groups excluding carboxylic acids is 4. The number of nitrogens with one attached hydrogen (secondary N) is 2. The number of fused-ring (bicyclic) bond motifs is 2. The highest BCUT2D eigenvalue weighted by Crippen LogP contribution is 2.55. The van der Waals surface area contributed by atoms with E-state index in [4.69, 9.17) is 16.3 Å². The van der Waals surface area contributed by atoms with Crippen LogP contribution in [0.2, 0.25) is 5.02 Å². The summed E-state index contributed by atoms with van der Waals surface area (Å²) in [6.07, 6.45) is 3.70. The van der Waals surface area contributed by atoms with Crippen LogP contribution in [-0.4, -0.2) is 119 Å². The second-order valence-corrected chi connectivity index (χ2v) is 21.9. The van der Waals surface area contributed by atoms with E-state index in [0.717, 1.165) is 87.6 Å². The summed E-state index contributed by atoms with van der Waals surface area (Å²) < 4.78 is 7.49. The molecule has 6 aliphatic rings. The number of halogens is 1. The van der Waals surface area contributed by atoms with E-state index in [9.17, 15) is 29.2 Å². The van der Waals surface area contributed by atoms with Crippen molar-refractivity contribution in [2.45, 2.75) is 84.4 Å². The molecule has 6 heterocycles. The monoisotopic (exact) mass is 956 g/mol. The van der Waals surface area contributed by atoms with Crippen LogP contribution >= 0.6 is 11.6 Å². The van der Waals surface area contributed by atoms with Gasteiger partial charge in [-0.15, -0.1) is 5.10 Å². The second kappa shape index (κ2) is 18.4. The van der Waals surface area contributed by atoms with Gasteiger partial charge >= 0.3 is 0 Å². The van der Waals surface area contributed by atoms with Crippen molar-refractivity contribution in [2.75, 3.05) is 68.7 Å². The zero-order valence-electron chi connectivity index (χ0n) is 39.8. The van der Waals surface area contributed by atoms with Gasteiger partial charge in [0.15, 0.2) is 0 Å². The molecule has 3 atom stereocenters. The molecule has 3 unspecified atom stereocenters. The minimum Gasteiger partial charge on any atom is -0.489 e. The molecule has 69 heavy (non-hydrogen) atoms. The molecule has 2 N–H and O–H groups in total. The summed E-state index contributed by atoms with van der Waals surface area (Å²) in [7, 11) is 0. The molecule has 6 fully saturated rings. The van der Waals surface area contributed by atoms with Gasteiger partial charge in [0.2, 0.25) is 11.8 Å². The predicted octanol–water partition coefficient (Wildman–Crippen LogP) is 5.43. The summed E-state index contributed by atoms with van der Waals surface area (Å²) in [6, 6.07) is 19.7. The van der Waals surface area contributed by atoms with E-state index in [2.05, 4.69) is 86.4 Å². The van der Waals surface area contributed by atoms with Crippen molar-refractivity contribution in [3.05, 3.63) is 87.2 Å². The SMILES string of the molecule is CC1(C)[C@H](NC(=O)c2ccc(N3CC4CN(CC5CCN(C(=O)C6CCN(c7ccc8nnn(C9CCC(=O)NC9=O)c(=O)c8c7)CC6)CC5)CC4C3)cc2)C(C)(C)[C@H]1Oc1ccc(C#N)c(Cl)c1. The molecule has 4 amide bonds. The summed E-state index contributed by atoms with van der Waals surface area (Å²) in [5.74, 6) is 1.65. The molecular weight excluding hydrogens is 896 g/mol. The van der Waals surface area contributed by atoms with E-state index in [-0.39, 0.29) is 59.5 Å². The molecule has 5 aliphatic heterocycles. The highest BCUT2D eigenvalue weighted by Gasteiger charge is 2.64. The van der Waals surface area contributed by atoms with Crippen molar-refractivity contribution in [3.8, 4) is 11.8 Å². The van der Waals surface area contributed by atoms with Crippen LogP contribution in [0.5, 0.6) is 5.75 Å². The number of imide groups is 1. The number of hydrogen-bond donors (Lipinski definition) is 2. The van der Waals surface area contributed by atoms with Gasteiger partial charge in [-0.1, -0.05) is 44.5 Å². The number of aromatic nitrogens is 3. The molecule has 0 bridgehead atoms. The summed E-state index contributed by atoms with van der Waals surface area (Å²) in [5, 5.41) is 23.8. The van der Waals surface area contributed by atoms with Crippen molar-refractivity contribution in [3.63, 3.8) is 0 Å². The average molecular weight is 958 g/mol. The molecule has 10 rings (SSSR count). The first-order valence-electron chi connectivity index (χ1n) is 24.6. The third kappa shape index (κ3) is 8.92. The maximum atomic E-state index is 13.8.